The molecule has 0 saturated carbocycles. The van der Waals surface area contributed by atoms with Crippen LogP contribution in [0.25, 0.3) is 11.4 Å². The van der Waals surface area contributed by atoms with Crippen molar-refractivity contribution >= 4 is 5.91 Å². The van der Waals surface area contributed by atoms with Gasteiger partial charge < -0.3 is 10.1 Å². The number of ether oxygens (including phenoxy) is 1. The normalized spacial score (nSPS) is 12.3. The van der Waals surface area contributed by atoms with Crippen molar-refractivity contribution in [3.8, 4) is 17.1 Å². The highest BCUT2D eigenvalue weighted by atomic mass is 19.4. The molecule has 1 aromatic heterocycles. The fourth-order valence-electron chi connectivity index (χ4n) is 2.50. The topological polar surface area (TPSA) is 64.1 Å². The molecule has 144 valence electrons. The van der Waals surface area contributed by atoms with E-state index in [0.29, 0.717) is 11.4 Å². The van der Waals surface area contributed by atoms with E-state index in [1.165, 1.54) is 36.7 Å². The number of alkyl halides is 3. The molecule has 2 aromatic carbocycles. The summed E-state index contributed by atoms with van der Waals surface area (Å²) in [5, 5.41) is 2.76. The molecule has 0 saturated heterocycles. The zero-order valence-electron chi connectivity index (χ0n) is 14.8. The van der Waals surface area contributed by atoms with E-state index in [0.717, 1.165) is 5.56 Å². The Morgan fingerprint density at radius 3 is 2.18 bits per heavy atom. The van der Waals surface area contributed by atoms with Gasteiger partial charge in [-0.15, -0.1) is 13.2 Å². The summed E-state index contributed by atoms with van der Waals surface area (Å²) in [6.45, 7) is 1.72. The van der Waals surface area contributed by atoms with Crippen molar-refractivity contribution < 1.29 is 22.7 Å². The predicted molar refractivity (Wildman–Crippen MR) is 96.5 cm³/mol. The van der Waals surface area contributed by atoms with E-state index in [1.807, 2.05) is 30.3 Å². The monoisotopic (exact) mass is 387 g/mol. The summed E-state index contributed by atoms with van der Waals surface area (Å²) in [6.07, 6.45) is -1.89. The van der Waals surface area contributed by atoms with E-state index in [1.54, 1.807) is 6.92 Å². The van der Waals surface area contributed by atoms with Crippen LogP contribution < -0.4 is 10.1 Å². The van der Waals surface area contributed by atoms with Gasteiger partial charge in [-0.25, -0.2) is 9.97 Å². The SMILES string of the molecule is CC(NC(=O)c1cnc(-c2ccccc2)nc1)c1ccc(OC(F)(F)F)cc1. The molecule has 0 bridgehead atoms. The highest BCUT2D eigenvalue weighted by Crippen LogP contribution is 2.24. The Bertz CT molecular complexity index is 928. The van der Waals surface area contributed by atoms with E-state index >= 15 is 0 Å². The summed E-state index contributed by atoms with van der Waals surface area (Å²) >= 11 is 0. The van der Waals surface area contributed by atoms with Crippen LogP contribution in [0.15, 0.2) is 67.0 Å². The van der Waals surface area contributed by atoms with Crippen LogP contribution in [-0.4, -0.2) is 22.2 Å². The number of nitrogens with one attached hydrogen (secondary N) is 1. The summed E-state index contributed by atoms with van der Waals surface area (Å²) in [7, 11) is 0. The van der Waals surface area contributed by atoms with Crippen molar-refractivity contribution in [2.24, 2.45) is 0 Å². The molecule has 5 nitrogen and oxygen atoms in total. The number of carbonyl (C=O) groups excluding carboxylic acids is 1. The van der Waals surface area contributed by atoms with Crippen LogP contribution in [0.4, 0.5) is 13.2 Å². The van der Waals surface area contributed by atoms with Gasteiger partial charge in [-0.2, -0.15) is 0 Å². The Morgan fingerprint density at radius 1 is 1.00 bits per heavy atom. The number of rotatable bonds is 5. The minimum Gasteiger partial charge on any atom is -0.406 e. The predicted octanol–water partition coefficient (Wildman–Crippen LogP) is 4.53. The van der Waals surface area contributed by atoms with Gasteiger partial charge >= 0.3 is 6.36 Å². The molecular formula is C20H16F3N3O2. The number of carbonyl (C=O) groups is 1. The van der Waals surface area contributed by atoms with Gasteiger partial charge in [0.15, 0.2) is 5.82 Å². The van der Waals surface area contributed by atoms with E-state index in [9.17, 15) is 18.0 Å². The van der Waals surface area contributed by atoms with Gasteiger partial charge in [0.1, 0.15) is 5.75 Å². The number of benzene rings is 2. The largest absolute Gasteiger partial charge is 0.573 e. The molecule has 1 atom stereocenters. The lowest BCUT2D eigenvalue weighted by Crippen LogP contribution is -2.27. The molecule has 0 spiro atoms. The van der Waals surface area contributed by atoms with Gasteiger partial charge in [-0.05, 0) is 24.6 Å². The molecule has 1 heterocycles. The summed E-state index contributed by atoms with van der Waals surface area (Å²) < 4.78 is 40.4. The van der Waals surface area contributed by atoms with Gasteiger partial charge in [0.05, 0.1) is 11.6 Å². The lowest BCUT2D eigenvalue weighted by Gasteiger charge is -2.15. The highest BCUT2D eigenvalue weighted by molar-refractivity contribution is 5.94. The standard InChI is InChI=1S/C20H16F3N3O2/c1-13(14-7-9-17(10-8-14)28-20(21,22)23)26-19(27)16-11-24-18(25-12-16)15-5-3-2-4-6-15/h2-13H,1H3,(H,26,27). The smallest absolute Gasteiger partial charge is 0.406 e. The Balaban J connectivity index is 1.64. The molecule has 0 aliphatic carbocycles. The number of hydrogen-bond donors (Lipinski definition) is 1. The number of nitrogens with zero attached hydrogens (tertiary/aromatic N) is 2. The lowest BCUT2D eigenvalue weighted by atomic mass is 10.1. The van der Waals surface area contributed by atoms with Crippen LogP contribution in [0.3, 0.4) is 0 Å². The maximum absolute atomic E-state index is 12.4. The molecule has 3 rings (SSSR count). The molecule has 0 radical (unpaired) electrons. The summed E-state index contributed by atoms with van der Waals surface area (Å²) in [6, 6.07) is 14.2. The fourth-order valence-corrected chi connectivity index (χ4v) is 2.50. The minimum absolute atomic E-state index is 0.281. The van der Waals surface area contributed by atoms with Crippen LogP contribution in [-0.2, 0) is 0 Å². The van der Waals surface area contributed by atoms with E-state index in [4.69, 9.17) is 0 Å². The molecule has 1 amide bonds. The molecule has 0 aliphatic rings. The molecule has 3 aromatic rings. The number of aromatic nitrogens is 2. The molecule has 0 aliphatic heterocycles. The third-order valence-electron chi connectivity index (χ3n) is 3.91. The number of hydrogen-bond acceptors (Lipinski definition) is 4. The maximum Gasteiger partial charge on any atom is 0.573 e. The van der Waals surface area contributed by atoms with E-state index in [-0.39, 0.29) is 17.2 Å². The summed E-state index contributed by atoms with van der Waals surface area (Å²) in [5.41, 5.74) is 1.75. The third-order valence-corrected chi connectivity index (χ3v) is 3.91. The van der Waals surface area contributed by atoms with Gasteiger partial charge in [0, 0.05) is 18.0 Å². The Labute approximate surface area is 159 Å². The molecular weight excluding hydrogens is 371 g/mol. The first kappa shape index (κ1) is 19.3. The fraction of sp³-hybridized carbons (Fsp3) is 0.150. The van der Waals surface area contributed by atoms with Crippen LogP contribution in [0.5, 0.6) is 5.75 Å². The molecule has 8 heteroatoms. The van der Waals surface area contributed by atoms with Crippen molar-refractivity contribution in [1.82, 2.24) is 15.3 Å². The first-order valence-electron chi connectivity index (χ1n) is 8.36. The van der Waals surface area contributed by atoms with E-state index in [2.05, 4.69) is 20.0 Å². The van der Waals surface area contributed by atoms with Crippen molar-refractivity contribution in [3.05, 3.63) is 78.1 Å². The average Bonchev–Trinajstić information content (AvgIpc) is 2.68. The molecule has 28 heavy (non-hydrogen) atoms. The minimum atomic E-state index is -4.74. The summed E-state index contributed by atoms with van der Waals surface area (Å²) in [5.74, 6) is -0.201. The molecule has 0 fully saturated rings. The van der Waals surface area contributed by atoms with Crippen LogP contribution in [0.2, 0.25) is 0 Å². The number of halogens is 3. The average molecular weight is 387 g/mol. The lowest BCUT2D eigenvalue weighted by molar-refractivity contribution is -0.274. The van der Waals surface area contributed by atoms with Crippen LogP contribution in [0, 0.1) is 0 Å². The zero-order valence-corrected chi connectivity index (χ0v) is 14.8. The quantitative estimate of drug-likeness (QED) is 0.699. The van der Waals surface area contributed by atoms with Gasteiger partial charge in [-0.1, -0.05) is 42.5 Å². The summed E-state index contributed by atoms with van der Waals surface area (Å²) in [4.78, 5) is 20.8. The maximum atomic E-state index is 12.4. The second-order valence-corrected chi connectivity index (χ2v) is 5.97. The van der Waals surface area contributed by atoms with Crippen molar-refractivity contribution in [1.29, 1.82) is 0 Å². The highest BCUT2D eigenvalue weighted by Gasteiger charge is 2.31. The van der Waals surface area contributed by atoms with Crippen molar-refractivity contribution in [2.45, 2.75) is 19.3 Å². The first-order valence-corrected chi connectivity index (χ1v) is 8.36. The first-order chi connectivity index (χ1) is 13.3. The van der Waals surface area contributed by atoms with E-state index < -0.39 is 12.4 Å². The van der Waals surface area contributed by atoms with Crippen molar-refractivity contribution in [3.63, 3.8) is 0 Å². The Hall–Kier alpha value is -3.42. The zero-order chi connectivity index (χ0) is 20.1. The second kappa shape index (κ2) is 8.08. The van der Waals surface area contributed by atoms with Crippen LogP contribution >= 0.6 is 0 Å². The molecule has 1 N–H and O–H groups in total. The third kappa shape index (κ3) is 5.06. The van der Waals surface area contributed by atoms with Crippen LogP contribution in [0.1, 0.15) is 28.9 Å². The second-order valence-electron chi connectivity index (χ2n) is 5.97. The van der Waals surface area contributed by atoms with Crippen molar-refractivity contribution in [2.75, 3.05) is 0 Å². The van der Waals surface area contributed by atoms with Gasteiger partial charge in [0.2, 0.25) is 0 Å². The van der Waals surface area contributed by atoms with Gasteiger partial charge in [0.25, 0.3) is 5.91 Å². The van der Waals surface area contributed by atoms with Gasteiger partial charge in [-0.3, -0.25) is 4.79 Å². The Kier molecular flexibility index (Phi) is 5.58. The Morgan fingerprint density at radius 2 is 1.61 bits per heavy atom. The molecule has 1 unspecified atom stereocenters. The number of amides is 1.